The molecule has 0 N–H and O–H groups in total. The van der Waals surface area contributed by atoms with E-state index >= 15 is 0 Å². The largest absolute Gasteiger partial charge is 0.416 e. The molecule has 0 radical (unpaired) electrons. The third kappa shape index (κ3) is 4.59. The van der Waals surface area contributed by atoms with Gasteiger partial charge in [0.2, 0.25) is 11.8 Å². The summed E-state index contributed by atoms with van der Waals surface area (Å²) >= 11 is 0. The lowest BCUT2D eigenvalue weighted by atomic mass is 10.0. The van der Waals surface area contributed by atoms with Gasteiger partial charge < -0.3 is 0 Å². The molecule has 1 aliphatic heterocycles. The Morgan fingerprint density at radius 1 is 0.833 bits per heavy atom. The van der Waals surface area contributed by atoms with Crippen LogP contribution in [0.25, 0.3) is 0 Å². The van der Waals surface area contributed by atoms with Crippen LogP contribution in [0.4, 0.5) is 31.1 Å². The molecule has 0 atom stereocenters. The molecule has 1 aromatic carbocycles. The summed E-state index contributed by atoms with van der Waals surface area (Å²) in [6.45, 7) is -0.424. The molecule has 1 aromatic rings. The second kappa shape index (κ2) is 7.92. The number of halogens is 6. The first-order valence-electron chi connectivity index (χ1n) is 9.32. The zero-order chi connectivity index (χ0) is 22.3. The first kappa shape index (κ1) is 22.1. The summed E-state index contributed by atoms with van der Waals surface area (Å²) in [4.78, 5) is 38.7. The van der Waals surface area contributed by atoms with Crippen LogP contribution < -0.4 is 0 Å². The fourth-order valence-corrected chi connectivity index (χ4v) is 3.80. The topological polar surface area (TPSA) is 57.7 Å². The van der Waals surface area contributed by atoms with Crippen LogP contribution in [-0.2, 0) is 28.4 Å². The Kier molecular flexibility index (Phi) is 5.83. The number of rotatable bonds is 4. The molecule has 1 saturated carbocycles. The van der Waals surface area contributed by atoms with Crippen molar-refractivity contribution in [3.8, 4) is 0 Å². The second-order valence-electron chi connectivity index (χ2n) is 7.37. The maximum atomic E-state index is 13.0. The van der Waals surface area contributed by atoms with Gasteiger partial charge in [-0.05, 0) is 43.0 Å². The molecule has 11 heteroatoms. The number of amides is 4. The Balaban J connectivity index is 1.82. The van der Waals surface area contributed by atoms with Crippen molar-refractivity contribution in [3.05, 3.63) is 34.9 Å². The summed E-state index contributed by atoms with van der Waals surface area (Å²) in [6, 6.07) is -0.0688. The van der Waals surface area contributed by atoms with Crippen LogP contribution in [0.5, 0.6) is 0 Å². The minimum atomic E-state index is -4.99. The molecule has 1 saturated heterocycles. The van der Waals surface area contributed by atoms with E-state index in [1.807, 2.05) is 0 Å². The first-order chi connectivity index (χ1) is 13.9. The SMILES string of the molecule is O=C1CC(=O)N(C2CCCC2)C(=O)N1CCc1cc(C(F)(F)F)cc(C(F)(F)F)c1. The molecule has 2 fully saturated rings. The van der Waals surface area contributed by atoms with Crippen LogP contribution in [0.15, 0.2) is 18.2 Å². The lowest BCUT2D eigenvalue weighted by molar-refractivity contribution is -0.145. The molecule has 5 nitrogen and oxygen atoms in total. The van der Waals surface area contributed by atoms with Crippen LogP contribution >= 0.6 is 0 Å². The number of nitrogens with zero attached hydrogens (tertiary/aromatic N) is 2. The minimum Gasteiger partial charge on any atom is -0.274 e. The molecule has 1 heterocycles. The molecule has 4 amide bonds. The van der Waals surface area contributed by atoms with Gasteiger partial charge >= 0.3 is 18.4 Å². The number of imide groups is 2. The van der Waals surface area contributed by atoms with E-state index in [2.05, 4.69) is 0 Å². The number of carbonyl (C=O) groups excluding carboxylic acids is 3. The Morgan fingerprint density at radius 3 is 1.87 bits per heavy atom. The highest BCUT2D eigenvalue weighted by Crippen LogP contribution is 2.36. The molecule has 1 aliphatic carbocycles. The molecule has 0 unspecified atom stereocenters. The summed E-state index contributed by atoms with van der Waals surface area (Å²) in [6.07, 6.45) is -8.10. The van der Waals surface area contributed by atoms with Crippen molar-refractivity contribution in [3.63, 3.8) is 0 Å². The highest BCUT2D eigenvalue weighted by molar-refractivity contribution is 6.14. The van der Waals surface area contributed by atoms with Gasteiger partial charge in [0.25, 0.3) is 0 Å². The zero-order valence-corrected chi connectivity index (χ0v) is 15.6. The molecule has 2 aliphatic rings. The Labute approximate surface area is 167 Å². The summed E-state index contributed by atoms with van der Waals surface area (Å²) in [7, 11) is 0. The lowest BCUT2D eigenvalue weighted by Gasteiger charge is -2.36. The van der Waals surface area contributed by atoms with E-state index in [4.69, 9.17) is 0 Å². The molecule has 3 rings (SSSR count). The lowest BCUT2D eigenvalue weighted by Crippen LogP contribution is -2.58. The van der Waals surface area contributed by atoms with Gasteiger partial charge in [0, 0.05) is 12.6 Å². The monoisotopic (exact) mass is 436 g/mol. The van der Waals surface area contributed by atoms with Crippen molar-refractivity contribution in [2.45, 2.75) is 56.9 Å². The Bertz CT molecular complexity index is 827. The number of carbonyl (C=O) groups is 3. The first-order valence-corrected chi connectivity index (χ1v) is 9.32. The standard InChI is InChI=1S/C19H18F6N2O3/c20-18(21,22)12-7-11(8-13(9-12)19(23,24)25)5-6-26-15(28)10-16(29)27(17(26)30)14-3-1-2-4-14/h7-9,14H,1-6,10H2. The number of urea groups is 1. The Hall–Kier alpha value is -2.59. The maximum Gasteiger partial charge on any atom is 0.416 e. The van der Waals surface area contributed by atoms with Crippen molar-refractivity contribution < 1.29 is 40.7 Å². The predicted octanol–water partition coefficient (Wildman–Crippen LogP) is 4.39. The van der Waals surface area contributed by atoms with Crippen LogP contribution in [0, 0.1) is 0 Å². The van der Waals surface area contributed by atoms with E-state index in [0.29, 0.717) is 25.0 Å². The number of alkyl halides is 6. The Morgan fingerprint density at radius 2 is 1.37 bits per heavy atom. The highest BCUT2D eigenvalue weighted by atomic mass is 19.4. The third-order valence-electron chi connectivity index (χ3n) is 5.27. The average Bonchev–Trinajstić information content (AvgIpc) is 3.13. The molecular weight excluding hydrogens is 418 g/mol. The summed E-state index contributed by atoms with van der Waals surface area (Å²) < 4.78 is 78.0. The number of hydrogen-bond acceptors (Lipinski definition) is 3. The quantitative estimate of drug-likeness (QED) is 0.520. The van der Waals surface area contributed by atoms with Crippen molar-refractivity contribution >= 4 is 17.8 Å². The van der Waals surface area contributed by atoms with Crippen LogP contribution in [-0.4, -0.2) is 40.2 Å². The predicted molar refractivity (Wildman–Crippen MR) is 91.0 cm³/mol. The number of hydrogen-bond donors (Lipinski definition) is 0. The smallest absolute Gasteiger partial charge is 0.274 e. The molecule has 0 bridgehead atoms. The van der Waals surface area contributed by atoms with Gasteiger partial charge in [-0.25, -0.2) is 4.79 Å². The van der Waals surface area contributed by atoms with E-state index < -0.39 is 60.7 Å². The van der Waals surface area contributed by atoms with Gasteiger partial charge in [0.05, 0.1) is 11.1 Å². The van der Waals surface area contributed by atoms with Gasteiger partial charge in [-0.15, -0.1) is 0 Å². The fraction of sp³-hybridized carbons (Fsp3) is 0.526. The van der Waals surface area contributed by atoms with Crippen LogP contribution in [0.2, 0.25) is 0 Å². The van der Waals surface area contributed by atoms with Gasteiger partial charge in [-0.3, -0.25) is 19.4 Å². The van der Waals surface area contributed by atoms with Crippen LogP contribution in [0.3, 0.4) is 0 Å². The average molecular weight is 436 g/mol. The van der Waals surface area contributed by atoms with Gasteiger partial charge in [0.15, 0.2) is 0 Å². The van der Waals surface area contributed by atoms with Gasteiger partial charge in [-0.1, -0.05) is 12.8 Å². The summed E-state index contributed by atoms with van der Waals surface area (Å²) in [5.74, 6) is -1.45. The van der Waals surface area contributed by atoms with Crippen molar-refractivity contribution in [1.29, 1.82) is 0 Å². The summed E-state index contributed by atoms with van der Waals surface area (Å²) in [5, 5.41) is 0. The molecule has 30 heavy (non-hydrogen) atoms. The molecule has 0 aromatic heterocycles. The molecule has 164 valence electrons. The van der Waals surface area contributed by atoms with E-state index in [1.54, 1.807) is 0 Å². The van der Waals surface area contributed by atoms with Crippen LogP contribution in [0.1, 0.15) is 48.8 Å². The van der Waals surface area contributed by atoms with E-state index in [9.17, 15) is 40.7 Å². The van der Waals surface area contributed by atoms with Gasteiger partial charge in [0.1, 0.15) is 6.42 Å². The van der Waals surface area contributed by atoms with Crippen molar-refractivity contribution in [2.24, 2.45) is 0 Å². The number of benzene rings is 1. The normalized spacial score (nSPS) is 19.2. The summed E-state index contributed by atoms with van der Waals surface area (Å²) in [5.41, 5.74) is -3.25. The third-order valence-corrected chi connectivity index (χ3v) is 5.27. The van der Waals surface area contributed by atoms with E-state index in [0.717, 1.165) is 22.6 Å². The van der Waals surface area contributed by atoms with E-state index in [1.165, 1.54) is 0 Å². The maximum absolute atomic E-state index is 13.0. The minimum absolute atomic E-state index is 0.0151. The molecule has 0 spiro atoms. The van der Waals surface area contributed by atoms with Crippen molar-refractivity contribution in [2.75, 3.05) is 6.54 Å². The fourth-order valence-electron chi connectivity index (χ4n) is 3.80. The number of barbiturate groups is 1. The molecular formula is C19H18F6N2O3. The highest BCUT2D eigenvalue weighted by Gasteiger charge is 2.42. The van der Waals surface area contributed by atoms with Gasteiger partial charge in [-0.2, -0.15) is 26.3 Å². The zero-order valence-electron chi connectivity index (χ0n) is 15.6. The van der Waals surface area contributed by atoms with Crippen molar-refractivity contribution in [1.82, 2.24) is 9.80 Å². The second-order valence-corrected chi connectivity index (χ2v) is 7.37. The van der Waals surface area contributed by atoms with E-state index in [-0.39, 0.29) is 17.7 Å².